The van der Waals surface area contributed by atoms with Gasteiger partial charge in [0.15, 0.2) is 0 Å². The van der Waals surface area contributed by atoms with Gasteiger partial charge in [0.1, 0.15) is 5.75 Å². The van der Waals surface area contributed by atoms with Crippen LogP contribution in [0.3, 0.4) is 0 Å². The van der Waals surface area contributed by atoms with E-state index < -0.39 is 0 Å². The molecular formula is C9H9ClO. The molecule has 0 aromatic heterocycles. The molecule has 0 unspecified atom stereocenters. The average molecular weight is 169 g/mol. The molecule has 58 valence electrons. The predicted octanol–water partition coefficient (Wildman–Crippen LogP) is 2.58. The second-order valence-electron chi connectivity index (χ2n) is 2.83. The summed E-state index contributed by atoms with van der Waals surface area (Å²) in [6.45, 7) is 2.82. The Morgan fingerprint density at radius 2 is 2.27 bits per heavy atom. The van der Waals surface area contributed by atoms with Crippen molar-refractivity contribution in [3.63, 3.8) is 0 Å². The lowest BCUT2D eigenvalue weighted by atomic mass is 10.1. The minimum Gasteiger partial charge on any atom is -0.491 e. The number of hydrogen-bond donors (Lipinski definition) is 0. The molecule has 0 spiro atoms. The zero-order chi connectivity index (χ0) is 7.84. The summed E-state index contributed by atoms with van der Waals surface area (Å²) in [5.41, 5.74) is 2.45. The Labute approximate surface area is 70.9 Å². The minimum atomic E-state index is 0.748. The maximum atomic E-state index is 5.95. The highest BCUT2D eigenvalue weighted by atomic mass is 35.5. The third-order valence-corrected chi connectivity index (χ3v) is 2.16. The smallest absolute Gasteiger partial charge is 0.141 e. The van der Waals surface area contributed by atoms with E-state index in [-0.39, 0.29) is 0 Å². The molecular weight excluding hydrogens is 160 g/mol. The molecule has 1 aromatic carbocycles. The topological polar surface area (TPSA) is 9.23 Å². The van der Waals surface area contributed by atoms with E-state index in [1.165, 1.54) is 11.1 Å². The molecule has 0 aliphatic carbocycles. The zero-order valence-corrected chi connectivity index (χ0v) is 7.11. The van der Waals surface area contributed by atoms with Crippen LogP contribution in [0.15, 0.2) is 12.1 Å². The van der Waals surface area contributed by atoms with Crippen LogP contribution in [-0.4, -0.2) is 6.61 Å². The van der Waals surface area contributed by atoms with Crippen LogP contribution in [0.5, 0.6) is 5.75 Å². The molecule has 1 aromatic rings. The first kappa shape index (κ1) is 6.99. The molecule has 11 heavy (non-hydrogen) atoms. The summed E-state index contributed by atoms with van der Waals surface area (Å²) in [4.78, 5) is 0. The zero-order valence-electron chi connectivity index (χ0n) is 6.36. The van der Waals surface area contributed by atoms with Gasteiger partial charge in [-0.2, -0.15) is 0 Å². The van der Waals surface area contributed by atoms with Gasteiger partial charge in [-0.3, -0.25) is 0 Å². The Morgan fingerprint density at radius 3 is 3.09 bits per heavy atom. The van der Waals surface area contributed by atoms with Crippen molar-refractivity contribution in [1.82, 2.24) is 0 Å². The third-order valence-electron chi connectivity index (χ3n) is 1.88. The lowest BCUT2D eigenvalue weighted by Gasteiger charge is -2.02. The number of rotatable bonds is 0. The first-order chi connectivity index (χ1) is 5.27. The Balaban J connectivity index is 2.60. The summed E-state index contributed by atoms with van der Waals surface area (Å²) in [5.74, 6) is 0.886. The highest BCUT2D eigenvalue weighted by Gasteiger charge is 2.15. The second-order valence-corrected chi connectivity index (χ2v) is 3.24. The average Bonchev–Trinajstić information content (AvgIpc) is 2.34. The van der Waals surface area contributed by atoms with Gasteiger partial charge in [-0.1, -0.05) is 17.7 Å². The van der Waals surface area contributed by atoms with E-state index in [1.807, 2.05) is 13.0 Å². The van der Waals surface area contributed by atoms with E-state index >= 15 is 0 Å². The van der Waals surface area contributed by atoms with Gasteiger partial charge in [0.05, 0.1) is 11.6 Å². The standard InChI is InChI=1S/C9H9ClO/c1-6-4-7-2-3-11-9(7)8(10)5-6/h4-5H,2-3H2,1H3. The molecule has 0 amide bonds. The number of benzene rings is 1. The molecule has 1 heterocycles. The Hall–Kier alpha value is -0.690. The van der Waals surface area contributed by atoms with Crippen LogP contribution in [0.4, 0.5) is 0 Å². The molecule has 2 heteroatoms. The maximum Gasteiger partial charge on any atom is 0.141 e. The van der Waals surface area contributed by atoms with E-state index in [1.54, 1.807) is 0 Å². The van der Waals surface area contributed by atoms with Crippen LogP contribution in [0, 0.1) is 6.92 Å². The highest BCUT2D eigenvalue weighted by molar-refractivity contribution is 6.32. The summed E-state index contributed by atoms with van der Waals surface area (Å²) in [6.07, 6.45) is 0.997. The van der Waals surface area contributed by atoms with Crippen molar-refractivity contribution in [2.75, 3.05) is 6.61 Å². The van der Waals surface area contributed by atoms with E-state index in [2.05, 4.69) is 6.07 Å². The summed E-state index contributed by atoms with van der Waals surface area (Å²) in [7, 11) is 0. The monoisotopic (exact) mass is 168 g/mol. The van der Waals surface area contributed by atoms with Gasteiger partial charge in [0.25, 0.3) is 0 Å². The minimum absolute atomic E-state index is 0.748. The van der Waals surface area contributed by atoms with Crippen molar-refractivity contribution in [3.8, 4) is 5.75 Å². The molecule has 1 aliphatic rings. The maximum absolute atomic E-state index is 5.95. The first-order valence-electron chi connectivity index (χ1n) is 3.69. The molecule has 0 bridgehead atoms. The fourth-order valence-corrected chi connectivity index (χ4v) is 1.76. The largest absolute Gasteiger partial charge is 0.491 e. The van der Waals surface area contributed by atoms with Crippen molar-refractivity contribution in [2.24, 2.45) is 0 Å². The lowest BCUT2D eigenvalue weighted by Crippen LogP contribution is -1.86. The summed E-state index contributed by atoms with van der Waals surface area (Å²) in [6, 6.07) is 4.07. The summed E-state index contributed by atoms with van der Waals surface area (Å²) >= 11 is 5.95. The van der Waals surface area contributed by atoms with Gasteiger partial charge in [-0.15, -0.1) is 0 Å². The van der Waals surface area contributed by atoms with E-state index in [0.717, 1.165) is 23.8 Å². The van der Waals surface area contributed by atoms with Crippen LogP contribution in [0.1, 0.15) is 11.1 Å². The molecule has 1 aliphatic heterocycles. The predicted molar refractivity (Wildman–Crippen MR) is 45.4 cm³/mol. The molecule has 1 nitrogen and oxygen atoms in total. The second kappa shape index (κ2) is 2.42. The lowest BCUT2D eigenvalue weighted by molar-refractivity contribution is 0.357. The summed E-state index contributed by atoms with van der Waals surface area (Å²) < 4.78 is 5.35. The Bertz CT molecular complexity index is 294. The summed E-state index contributed by atoms with van der Waals surface area (Å²) in [5, 5.41) is 0.748. The van der Waals surface area contributed by atoms with Gasteiger partial charge in [-0.25, -0.2) is 0 Å². The van der Waals surface area contributed by atoms with Crippen molar-refractivity contribution in [1.29, 1.82) is 0 Å². The van der Waals surface area contributed by atoms with Crippen molar-refractivity contribution in [3.05, 3.63) is 28.3 Å². The van der Waals surface area contributed by atoms with E-state index in [0.29, 0.717) is 0 Å². The number of hydrogen-bond acceptors (Lipinski definition) is 1. The molecule has 0 saturated heterocycles. The van der Waals surface area contributed by atoms with E-state index in [4.69, 9.17) is 16.3 Å². The van der Waals surface area contributed by atoms with Crippen molar-refractivity contribution in [2.45, 2.75) is 13.3 Å². The Kier molecular flexibility index (Phi) is 1.53. The number of ether oxygens (including phenoxy) is 1. The fourth-order valence-electron chi connectivity index (χ4n) is 1.41. The van der Waals surface area contributed by atoms with Crippen LogP contribution in [-0.2, 0) is 6.42 Å². The van der Waals surface area contributed by atoms with Gasteiger partial charge < -0.3 is 4.74 Å². The van der Waals surface area contributed by atoms with Gasteiger partial charge in [0.2, 0.25) is 0 Å². The molecule has 2 rings (SSSR count). The van der Waals surface area contributed by atoms with Crippen LogP contribution >= 0.6 is 11.6 Å². The molecule has 0 fully saturated rings. The van der Waals surface area contributed by atoms with Gasteiger partial charge >= 0.3 is 0 Å². The van der Waals surface area contributed by atoms with Gasteiger partial charge in [-0.05, 0) is 24.1 Å². The quantitative estimate of drug-likeness (QED) is 0.579. The van der Waals surface area contributed by atoms with Crippen molar-refractivity contribution >= 4 is 11.6 Å². The van der Waals surface area contributed by atoms with Gasteiger partial charge in [0, 0.05) is 6.42 Å². The number of fused-ring (bicyclic) bond motifs is 1. The molecule has 0 saturated carbocycles. The normalized spacial score (nSPS) is 14.4. The Morgan fingerprint density at radius 1 is 1.45 bits per heavy atom. The molecule has 0 atom stereocenters. The van der Waals surface area contributed by atoms with E-state index in [9.17, 15) is 0 Å². The first-order valence-corrected chi connectivity index (χ1v) is 4.07. The van der Waals surface area contributed by atoms with Crippen LogP contribution in [0.2, 0.25) is 5.02 Å². The highest BCUT2D eigenvalue weighted by Crippen LogP contribution is 2.34. The third kappa shape index (κ3) is 1.10. The van der Waals surface area contributed by atoms with Crippen molar-refractivity contribution < 1.29 is 4.74 Å². The van der Waals surface area contributed by atoms with Crippen LogP contribution in [0.25, 0.3) is 0 Å². The SMILES string of the molecule is Cc1cc(Cl)c2c(c1)CCO2. The van der Waals surface area contributed by atoms with Crippen LogP contribution < -0.4 is 4.74 Å². The number of aryl methyl sites for hydroxylation is 1. The number of halogens is 1. The molecule has 0 radical (unpaired) electrons. The molecule has 0 N–H and O–H groups in total. The fraction of sp³-hybridized carbons (Fsp3) is 0.333.